The van der Waals surface area contributed by atoms with Crippen molar-refractivity contribution in [2.45, 2.75) is 6.54 Å². The van der Waals surface area contributed by atoms with Gasteiger partial charge in [-0.15, -0.1) is 0 Å². The number of carbonyl (C=O) groups excluding carboxylic acids is 1. The number of rotatable bonds is 3. The van der Waals surface area contributed by atoms with Crippen molar-refractivity contribution in [2.24, 2.45) is 5.11 Å². The summed E-state index contributed by atoms with van der Waals surface area (Å²) in [5.74, 6) is -0.462. The molecule has 0 radical (unpaired) electrons. The summed E-state index contributed by atoms with van der Waals surface area (Å²) in [6, 6.07) is 1.52. The van der Waals surface area contributed by atoms with E-state index in [9.17, 15) is 4.79 Å². The molecule has 6 heteroatoms. The number of hydrogen-bond acceptors (Lipinski definition) is 4. The Morgan fingerprint density at radius 1 is 1.79 bits per heavy atom. The van der Waals surface area contributed by atoms with Gasteiger partial charge in [0.1, 0.15) is 0 Å². The molecule has 0 aliphatic carbocycles. The number of esters is 1. The van der Waals surface area contributed by atoms with E-state index in [2.05, 4.69) is 19.7 Å². The van der Waals surface area contributed by atoms with Crippen LogP contribution in [0.2, 0.25) is 0 Å². The largest absolute Gasteiger partial charge is 0.465 e. The molecule has 0 unspecified atom stereocenters. The molecule has 0 aromatic carbocycles. The van der Waals surface area contributed by atoms with Crippen molar-refractivity contribution >= 4 is 5.97 Å². The second-order valence-electron chi connectivity index (χ2n) is 2.41. The summed E-state index contributed by atoms with van der Waals surface area (Å²) < 4.78 is 4.56. The van der Waals surface area contributed by atoms with Gasteiger partial charge in [-0.05, 0) is 17.2 Å². The van der Waals surface area contributed by atoms with Crippen molar-refractivity contribution in [3.63, 3.8) is 0 Å². The molecule has 0 aliphatic heterocycles. The SMILES string of the molecule is COC(=O)c1ccncc1CN=[N+]=[N-]. The molecule has 0 fully saturated rings. The van der Waals surface area contributed by atoms with Gasteiger partial charge in [0, 0.05) is 17.3 Å². The van der Waals surface area contributed by atoms with E-state index in [0.717, 1.165) is 0 Å². The molecule has 0 saturated heterocycles. The molecular weight excluding hydrogens is 184 g/mol. The minimum atomic E-state index is -0.462. The number of methoxy groups -OCH3 is 1. The molecule has 1 rings (SSSR count). The molecular formula is C8H8N4O2. The second-order valence-corrected chi connectivity index (χ2v) is 2.41. The number of carbonyl (C=O) groups is 1. The average Bonchev–Trinajstić information content (AvgIpc) is 2.25. The Kier molecular flexibility index (Phi) is 3.46. The van der Waals surface area contributed by atoms with Crippen LogP contribution in [0.4, 0.5) is 0 Å². The first-order valence-electron chi connectivity index (χ1n) is 3.81. The van der Waals surface area contributed by atoms with Gasteiger partial charge in [-0.25, -0.2) is 4.79 Å². The van der Waals surface area contributed by atoms with Gasteiger partial charge in [0.25, 0.3) is 0 Å². The van der Waals surface area contributed by atoms with E-state index >= 15 is 0 Å². The number of hydrogen-bond donors (Lipinski definition) is 0. The van der Waals surface area contributed by atoms with Gasteiger partial charge >= 0.3 is 5.97 Å². The van der Waals surface area contributed by atoms with Crippen LogP contribution in [0.3, 0.4) is 0 Å². The lowest BCUT2D eigenvalue weighted by Gasteiger charge is -2.03. The predicted molar refractivity (Wildman–Crippen MR) is 48.4 cm³/mol. The molecule has 0 saturated carbocycles. The molecule has 72 valence electrons. The van der Waals surface area contributed by atoms with E-state index in [1.54, 1.807) is 0 Å². The third kappa shape index (κ3) is 2.21. The summed E-state index contributed by atoms with van der Waals surface area (Å²) >= 11 is 0. The minimum Gasteiger partial charge on any atom is -0.465 e. The van der Waals surface area contributed by atoms with E-state index in [1.165, 1.54) is 25.6 Å². The van der Waals surface area contributed by atoms with Crippen LogP contribution in [0, 0.1) is 0 Å². The van der Waals surface area contributed by atoms with Crippen molar-refractivity contribution in [1.29, 1.82) is 0 Å². The lowest BCUT2D eigenvalue weighted by Crippen LogP contribution is -2.05. The predicted octanol–water partition coefficient (Wildman–Crippen LogP) is 1.68. The van der Waals surface area contributed by atoms with Crippen LogP contribution in [0.5, 0.6) is 0 Å². The van der Waals surface area contributed by atoms with E-state index in [-0.39, 0.29) is 6.54 Å². The smallest absolute Gasteiger partial charge is 0.338 e. The average molecular weight is 192 g/mol. The Bertz CT molecular complexity index is 385. The number of ether oxygens (including phenoxy) is 1. The molecule has 0 N–H and O–H groups in total. The maximum Gasteiger partial charge on any atom is 0.338 e. The minimum absolute atomic E-state index is 0.0920. The van der Waals surface area contributed by atoms with Crippen molar-refractivity contribution < 1.29 is 9.53 Å². The summed E-state index contributed by atoms with van der Waals surface area (Å²) in [7, 11) is 1.29. The Hall–Kier alpha value is -2.07. The van der Waals surface area contributed by atoms with E-state index in [4.69, 9.17) is 5.53 Å². The Morgan fingerprint density at radius 2 is 2.57 bits per heavy atom. The van der Waals surface area contributed by atoms with Crippen LogP contribution in [0.25, 0.3) is 10.4 Å². The second kappa shape index (κ2) is 4.84. The van der Waals surface area contributed by atoms with Gasteiger partial charge in [-0.1, -0.05) is 5.11 Å². The van der Waals surface area contributed by atoms with Crippen LogP contribution in [-0.4, -0.2) is 18.1 Å². The monoisotopic (exact) mass is 192 g/mol. The molecule has 1 aromatic heterocycles. The van der Waals surface area contributed by atoms with Gasteiger partial charge < -0.3 is 4.74 Å². The maximum atomic E-state index is 11.2. The van der Waals surface area contributed by atoms with E-state index < -0.39 is 5.97 Å². The zero-order valence-electron chi connectivity index (χ0n) is 7.54. The highest BCUT2D eigenvalue weighted by Crippen LogP contribution is 2.09. The number of azide groups is 1. The van der Waals surface area contributed by atoms with E-state index in [1.807, 2.05) is 0 Å². The molecule has 0 spiro atoms. The number of aromatic nitrogens is 1. The first kappa shape index (κ1) is 10.0. The van der Waals surface area contributed by atoms with E-state index in [0.29, 0.717) is 11.1 Å². The maximum absolute atomic E-state index is 11.2. The molecule has 14 heavy (non-hydrogen) atoms. The fourth-order valence-electron chi connectivity index (χ4n) is 0.970. The third-order valence-electron chi connectivity index (χ3n) is 1.61. The summed E-state index contributed by atoms with van der Waals surface area (Å²) in [4.78, 5) is 17.6. The fourth-order valence-corrected chi connectivity index (χ4v) is 0.970. The van der Waals surface area contributed by atoms with Gasteiger partial charge in [0.15, 0.2) is 0 Å². The molecule has 0 atom stereocenters. The third-order valence-corrected chi connectivity index (χ3v) is 1.61. The quantitative estimate of drug-likeness (QED) is 0.316. The lowest BCUT2D eigenvalue weighted by molar-refractivity contribution is 0.0599. The molecule has 0 amide bonds. The Balaban J connectivity index is 3.02. The van der Waals surface area contributed by atoms with Gasteiger partial charge in [0.2, 0.25) is 0 Å². The highest BCUT2D eigenvalue weighted by molar-refractivity contribution is 5.90. The van der Waals surface area contributed by atoms with Crippen molar-refractivity contribution in [3.8, 4) is 0 Å². The lowest BCUT2D eigenvalue weighted by atomic mass is 10.1. The first-order chi connectivity index (χ1) is 6.79. The van der Waals surface area contributed by atoms with Gasteiger partial charge in [-0.2, -0.15) is 0 Å². The summed E-state index contributed by atoms with van der Waals surface area (Å²) in [5.41, 5.74) is 9.06. The van der Waals surface area contributed by atoms with Gasteiger partial charge in [-0.3, -0.25) is 4.98 Å². The molecule has 6 nitrogen and oxygen atoms in total. The Labute approximate surface area is 80.2 Å². The molecule has 0 bridgehead atoms. The van der Waals surface area contributed by atoms with Crippen LogP contribution in [0.15, 0.2) is 23.6 Å². The first-order valence-corrected chi connectivity index (χ1v) is 3.81. The molecule has 1 heterocycles. The standard InChI is InChI=1S/C8H8N4O2/c1-14-8(13)7-2-3-10-4-6(7)5-11-12-9/h2-4H,5H2,1H3. The highest BCUT2D eigenvalue weighted by Gasteiger charge is 2.09. The van der Waals surface area contributed by atoms with Crippen LogP contribution < -0.4 is 0 Å². The normalized spacial score (nSPS) is 8.93. The van der Waals surface area contributed by atoms with Crippen molar-refractivity contribution in [1.82, 2.24) is 4.98 Å². The number of nitrogens with zero attached hydrogens (tertiary/aromatic N) is 4. The number of pyridine rings is 1. The Morgan fingerprint density at radius 3 is 3.21 bits per heavy atom. The highest BCUT2D eigenvalue weighted by atomic mass is 16.5. The summed E-state index contributed by atoms with van der Waals surface area (Å²) in [6.45, 7) is 0.0920. The molecule has 1 aromatic rings. The summed E-state index contributed by atoms with van der Waals surface area (Å²) in [6.07, 6.45) is 2.95. The van der Waals surface area contributed by atoms with Crippen LogP contribution in [0.1, 0.15) is 15.9 Å². The fraction of sp³-hybridized carbons (Fsp3) is 0.250. The topological polar surface area (TPSA) is 88.0 Å². The zero-order valence-corrected chi connectivity index (χ0v) is 7.54. The van der Waals surface area contributed by atoms with Crippen molar-refractivity contribution in [2.75, 3.05) is 7.11 Å². The molecule has 0 aliphatic rings. The van der Waals surface area contributed by atoms with Crippen LogP contribution >= 0.6 is 0 Å². The van der Waals surface area contributed by atoms with Gasteiger partial charge in [0.05, 0.1) is 19.2 Å². The summed E-state index contributed by atoms with van der Waals surface area (Å²) in [5, 5.41) is 3.35. The zero-order chi connectivity index (χ0) is 10.4. The van der Waals surface area contributed by atoms with Crippen LogP contribution in [-0.2, 0) is 11.3 Å². The van der Waals surface area contributed by atoms with Crippen molar-refractivity contribution in [3.05, 3.63) is 40.0 Å².